The van der Waals surface area contributed by atoms with E-state index in [2.05, 4.69) is 28.9 Å². The number of anilines is 2. The molecule has 4 nitrogen and oxygen atoms in total. The van der Waals surface area contributed by atoms with Crippen molar-refractivity contribution in [1.29, 1.82) is 0 Å². The smallest absolute Gasteiger partial charge is 0.151 e. The molecule has 0 spiro atoms. The Hall–Kier alpha value is -2.10. The molecule has 2 N–H and O–H groups in total. The molecule has 104 valence electrons. The SMILES string of the molecule is C[C@@H]1CC[C@H](C)N1c1ccc(-c2ccccc2N)nn1. The zero-order valence-corrected chi connectivity index (χ0v) is 12.0. The van der Waals surface area contributed by atoms with Crippen LogP contribution in [0.2, 0.25) is 0 Å². The molecule has 2 aromatic rings. The molecule has 2 atom stereocenters. The van der Waals surface area contributed by atoms with Crippen LogP contribution in [0.25, 0.3) is 11.3 Å². The number of hydrogen-bond donors (Lipinski definition) is 1. The fourth-order valence-corrected chi connectivity index (χ4v) is 2.98. The molecular weight excluding hydrogens is 248 g/mol. The zero-order chi connectivity index (χ0) is 14.1. The summed E-state index contributed by atoms with van der Waals surface area (Å²) in [6.07, 6.45) is 2.44. The van der Waals surface area contributed by atoms with Crippen molar-refractivity contribution in [1.82, 2.24) is 10.2 Å². The van der Waals surface area contributed by atoms with Gasteiger partial charge in [-0.2, -0.15) is 0 Å². The number of nitrogens with two attached hydrogens (primary N) is 1. The van der Waals surface area contributed by atoms with Gasteiger partial charge >= 0.3 is 0 Å². The molecule has 3 rings (SSSR count). The van der Waals surface area contributed by atoms with Crippen LogP contribution in [-0.4, -0.2) is 22.3 Å². The van der Waals surface area contributed by atoms with Crippen molar-refractivity contribution in [2.75, 3.05) is 10.6 Å². The van der Waals surface area contributed by atoms with E-state index in [1.54, 1.807) is 0 Å². The number of nitrogen functional groups attached to an aromatic ring is 1. The van der Waals surface area contributed by atoms with E-state index in [-0.39, 0.29) is 0 Å². The van der Waals surface area contributed by atoms with Crippen LogP contribution in [-0.2, 0) is 0 Å². The molecule has 0 aliphatic carbocycles. The summed E-state index contributed by atoms with van der Waals surface area (Å²) in [6.45, 7) is 4.49. The van der Waals surface area contributed by atoms with E-state index >= 15 is 0 Å². The molecule has 0 unspecified atom stereocenters. The lowest BCUT2D eigenvalue weighted by Crippen LogP contribution is -2.33. The summed E-state index contributed by atoms with van der Waals surface area (Å²) in [5.41, 5.74) is 8.48. The average molecular weight is 268 g/mol. The maximum absolute atomic E-state index is 5.98. The molecule has 1 aromatic heterocycles. The number of rotatable bonds is 2. The quantitative estimate of drug-likeness (QED) is 0.850. The average Bonchev–Trinajstić information content (AvgIpc) is 2.79. The first-order chi connectivity index (χ1) is 9.66. The zero-order valence-electron chi connectivity index (χ0n) is 12.0. The topological polar surface area (TPSA) is 55.0 Å². The molecule has 1 aromatic carbocycles. The summed E-state index contributed by atoms with van der Waals surface area (Å²) in [5, 5.41) is 8.75. The molecule has 0 amide bonds. The van der Waals surface area contributed by atoms with Gasteiger partial charge in [-0.15, -0.1) is 10.2 Å². The van der Waals surface area contributed by atoms with E-state index in [4.69, 9.17) is 5.73 Å². The van der Waals surface area contributed by atoms with Crippen LogP contribution in [0.3, 0.4) is 0 Å². The Bertz CT molecular complexity index is 584. The molecule has 1 saturated heterocycles. The number of para-hydroxylation sites is 1. The van der Waals surface area contributed by atoms with E-state index in [9.17, 15) is 0 Å². The Balaban J connectivity index is 1.90. The molecule has 2 heterocycles. The maximum Gasteiger partial charge on any atom is 0.151 e. The van der Waals surface area contributed by atoms with Crippen LogP contribution in [0.15, 0.2) is 36.4 Å². The molecular formula is C16H20N4. The normalized spacial score (nSPS) is 22.2. The molecule has 1 aliphatic heterocycles. The minimum atomic E-state index is 0.534. The van der Waals surface area contributed by atoms with E-state index in [0.717, 1.165) is 22.8 Å². The molecule has 1 aliphatic rings. The summed E-state index contributed by atoms with van der Waals surface area (Å²) in [4.78, 5) is 2.35. The van der Waals surface area contributed by atoms with Crippen LogP contribution in [0, 0.1) is 0 Å². The van der Waals surface area contributed by atoms with Gasteiger partial charge in [-0.1, -0.05) is 18.2 Å². The molecule has 0 bridgehead atoms. The Kier molecular flexibility index (Phi) is 3.30. The van der Waals surface area contributed by atoms with Crippen molar-refractivity contribution in [2.24, 2.45) is 0 Å². The Morgan fingerprint density at radius 2 is 1.70 bits per heavy atom. The van der Waals surface area contributed by atoms with Crippen LogP contribution in [0.1, 0.15) is 26.7 Å². The summed E-state index contributed by atoms with van der Waals surface area (Å²) < 4.78 is 0. The Morgan fingerprint density at radius 3 is 2.30 bits per heavy atom. The molecule has 4 heteroatoms. The Labute approximate surface area is 119 Å². The first kappa shape index (κ1) is 12.9. The first-order valence-corrected chi connectivity index (χ1v) is 7.14. The van der Waals surface area contributed by atoms with Crippen LogP contribution in [0.5, 0.6) is 0 Å². The third-order valence-corrected chi connectivity index (χ3v) is 4.10. The number of hydrogen-bond acceptors (Lipinski definition) is 4. The van der Waals surface area contributed by atoms with E-state index < -0.39 is 0 Å². The highest BCUT2D eigenvalue weighted by molar-refractivity contribution is 5.73. The van der Waals surface area contributed by atoms with Crippen molar-refractivity contribution >= 4 is 11.5 Å². The van der Waals surface area contributed by atoms with Gasteiger partial charge in [-0.3, -0.25) is 0 Å². The second-order valence-electron chi connectivity index (χ2n) is 5.55. The lowest BCUT2D eigenvalue weighted by molar-refractivity contribution is 0.676. The summed E-state index contributed by atoms with van der Waals surface area (Å²) in [7, 11) is 0. The van der Waals surface area contributed by atoms with Crippen LogP contribution < -0.4 is 10.6 Å². The molecule has 1 fully saturated rings. The lowest BCUT2D eigenvalue weighted by Gasteiger charge is -2.26. The lowest BCUT2D eigenvalue weighted by atomic mass is 10.1. The second kappa shape index (κ2) is 5.12. The predicted molar refractivity (Wildman–Crippen MR) is 82.5 cm³/mol. The van der Waals surface area contributed by atoms with Gasteiger partial charge in [0.2, 0.25) is 0 Å². The summed E-state index contributed by atoms with van der Waals surface area (Å²) >= 11 is 0. The first-order valence-electron chi connectivity index (χ1n) is 7.14. The highest BCUT2D eigenvalue weighted by Gasteiger charge is 2.28. The van der Waals surface area contributed by atoms with Crippen molar-refractivity contribution in [3.63, 3.8) is 0 Å². The monoisotopic (exact) mass is 268 g/mol. The van der Waals surface area contributed by atoms with Crippen LogP contribution >= 0.6 is 0 Å². The van der Waals surface area contributed by atoms with Gasteiger partial charge in [0.15, 0.2) is 5.82 Å². The minimum Gasteiger partial charge on any atom is -0.398 e. The van der Waals surface area contributed by atoms with Gasteiger partial charge in [0.05, 0.1) is 5.69 Å². The second-order valence-corrected chi connectivity index (χ2v) is 5.55. The predicted octanol–water partition coefficient (Wildman–Crippen LogP) is 3.10. The minimum absolute atomic E-state index is 0.534. The van der Waals surface area contributed by atoms with Gasteiger partial charge in [0, 0.05) is 23.3 Å². The maximum atomic E-state index is 5.98. The number of benzene rings is 1. The van der Waals surface area contributed by atoms with Gasteiger partial charge < -0.3 is 10.6 Å². The highest BCUT2D eigenvalue weighted by atomic mass is 15.3. The fraction of sp³-hybridized carbons (Fsp3) is 0.375. The standard InChI is InChI=1S/C16H20N4/c1-11-7-8-12(2)20(11)16-10-9-15(18-19-16)13-5-3-4-6-14(13)17/h3-6,9-12H,7-8,17H2,1-2H3/t11-,12+. The van der Waals surface area contributed by atoms with Gasteiger partial charge in [-0.25, -0.2) is 0 Å². The Morgan fingerprint density at radius 1 is 1.00 bits per heavy atom. The van der Waals surface area contributed by atoms with Crippen molar-refractivity contribution < 1.29 is 0 Å². The summed E-state index contributed by atoms with van der Waals surface area (Å²) in [6, 6.07) is 12.9. The largest absolute Gasteiger partial charge is 0.398 e. The van der Waals surface area contributed by atoms with E-state index in [1.165, 1.54) is 12.8 Å². The van der Waals surface area contributed by atoms with E-state index in [1.807, 2.05) is 36.4 Å². The fourth-order valence-electron chi connectivity index (χ4n) is 2.98. The molecule has 0 radical (unpaired) electrons. The third kappa shape index (κ3) is 2.22. The highest BCUT2D eigenvalue weighted by Crippen LogP contribution is 2.30. The molecule has 0 saturated carbocycles. The van der Waals surface area contributed by atoms with Crippen LogP contribution in [0.4, 0.5) is 11.5 Å². The third-order valence-electron chi connectivity index (χ3n) is 4.10. The van der Waals surface area contributed by atoms with Crippen molar-refractivity contribution in [2.45, 2.75) is 38.8 Å². The van der Waals surface area contributed by atoms with Gasteiger partial charge in [0.1, 0.15) is 0 Å². The molecule has 20 heavy (non-hydrogen) atoms. The van der Waals surface area contributed by atoms with E-state index in [0.29, 0.717) is 12.1 Å². The van der Waals surface area contributed by atoms with Gasteiger partial charge in [0.25, 0.3) is 0 Å². The van der Waals surface area contributed by atoms with Crippen molar-refractivity contribution in [3.05, 3.63) is 36.4 Å². The summed E-state index contributed by atoms with van der Waals surface area (Å²) in [5.74, 6) is 0.959. The van der Waals surface area contributed by atoms with Gasteiger partial charge in [-0.05, 0) is 44.9 Å². The van der Waals surface area contributed by atoms with Crippen molar-refractivity contribution in [3.8, 4) is 11.3 Å². The number of nitrogens with zero attached hydrogens (tertiary/aromatic N) is 3. The number of aromatic nitrogens is 2.